The van der Waals surface area contributed by atoms with Crippen LogP contribution in [0.5, 0.6) is 0 Å². The summed E-state index contributed by atoms with van der Waals surface area (Å²) in [6.07, 6.45) is 9.61. The van der Waals surface area contributed by atoms with Gasteiger partial charge >= 0.3 is 0 Å². The number of hydrogen-bond donors (Lipinski definition) is 1. The first-order valence-electron chi connectivity index (χ1n) is 7.52. The highest BCUT2D eigenvalue weighted by Gasteiger charge is 2.49. The molecule has 0 saturated heterocycles. The molecule has 1 N–H and O–H groups in total. The fourth-order valence-corrected chi connectivity index (χ4v) is 4.13. The van der Waals surface area contributed by atoms with Gasteiger partial charge in [0.25, 0.3) is 0 Å². The summed E-state index contributed by atoms with van der Waals surface area (Å²) in [6.45, 7) is 0. The fourth-order valence-electron chi connectivity index (χ4n) is 4.13. The van der Waals surface area contributed by atoms with Crippen molar-refractivity contribution in [3.05, 3.63) is 35.9 Å². The Morgan fingerprint density at radius 1 is 1.11 bits per heavy atom. The highest BCUT2D eigenvalue weighted by Crippen LogP contribution is 2.52. The third kappa shape index (κ3) is 2.47. The Morgan fingerprint density at radius 2 is 1.94 bits per heavy atom. The van der Waals surface area contributed by atoms with Gasteiger partial charge < -0.3 is 5.11 Å². The van der Waals surface area contributed by atoms with Crippen LogP contribution in [0.15, 0.2) is 30.3 Å². The summed E-state index contributed by atoms with van der Waals surface area (Å²) >= 11 is 0. The molecule has 1 heteroatoms. The minimum absolute atomic E-state index is 0.292. The molecule has 3 atom stereocenters. The number of aliphatic hydroxyl groups is 1. The Balaban J connectivity index is 1.43. The van der Waals surface area contributed by atoms with Crippen molar-refractivity contribution in [1.29, 1.82) is 0 Å². The Hall–Kier alpha value is -0.820. The van der Waals surface area contributed by atoms with Gasteiger partial charge in [-0.05, 0) is 62.3 Å². The lowest BCUT2D eigenvalue weighted by atomic mass is 9.80. The summed E-state index contributed by atoms with van der Waals surface area (Å²) in [4.78, 5) is 0. The highest BCUT2D eigenvalue weighted by molar-refractivity contribution is 5.14. The van der Waals surface area contributed by atoms with Crippen LogP contribution < -0.4 is 0 Å². The van der Waals surface area contributed by atoms with Gasteiger partial charge in [-0.25, -0.2) is 0 Å². The number of benzene rings is 1. The van der Waals surface area contributed by atoms with E-state index in [2.05, 4.69) is 30.3 Å². The Bertz CT molecular complexity index is 386. The normalized spacial score (nSPS) is 34.1. The molecular formula is C17H24O. The Labute approximate surface area is 110 Å². The number of rotatable bonds is 5. The van der Waals surface area contributed by atoms with E-state index in [-0.39, 0.29) is 5.60 Å². The molecule has 2 bridgehead atoms. The summed E-state index contributed by atoms with van der Waals surface area (Å²) in [5, 5.41) is 10.7. The van der Waals surface area contributed by atoms with Gasteiger partial charge in [0.2, 0.25) is 0 Å². The molecule has 0 radical (unpaired) electrons. The van der Waals surface area contributed by atoms with Crippen LogP contribution in [0.4, 0.5) is 0 Å². The molecule has 1 aromatic rings. The maximum Gasteiger partial charge on any atom is 0.0678 e. The topological polar surface area (TPSA) is 20.2 Å². The highest BCUT2D eigenvalue weighted by atomic mass is 16.3. The van der Waals surface area contributed by atoms with Crippen LogP contribution in [-0.4, -0.2) is 10.7 Å². The van der Waals surface area contributed by atoms with Crippen molar-refractivity contribution in [2.45, 2.75) is 57.0 Å². The lowest BCUT2D eigenvalue weighted by Crippen LogP contribution is -2.34. The van der Waals surface area contributed by atoms with Crippen LogP contribution >= 0.6 is 0 Å². The first-order valence-corrected chi connectivity index (χ1v) is 7.52. The van der Waals surface area contributed by atoms with Crippen LogP contribution in [0.25, 0.3) is 0 Å². The third-order valence-corrected chi connectivity index (χ3v) is 5.11. The molecule has 98 valence electrons. The van der Waals surface area contributed by atoms with Gasteiger partial charge in [0, 0.05) is 0 Å². The number of unbranched alkanes of at least 4 members (excludes halogenated alkanes) is 1. The second-order valence-electron chi connectivity index (χ2n) is 6.38. The van der Waals surface area contributed by atoms with E-state index >= 15 is 0 Å². The van der Waals surface area contributed by atoms with E-state index in [0.717, 1.165) is 25.2 Å². The molecule has 3 unspecified atom stereocenters. The van der Waals surface area contributed by atoms with Gasteiger partial charge in [0.15, 0.2) is 0 Å². The van der Waals surface area contributed by atoms with Gasteiger partial charge in [-0.2, -0.15) is 0 Å². The predicted octanol–water partition coefficient (Wildman–Crippen LogP) is 3.95. The predicted molar refractivity (Wildman–Crippen MR) is 74.4 cm³/mol. The molecule has 0 aromatic heterocycles. The van der Waals surface area contributed by atoms with E-state index in [1.165, 1.54) is 37.7 Å². The minimum atomic E-state index is -0.292. The molecular weight excluding hydrogens is 220 g/mol. The van der Waals surface area contributed by atoms with Gasteiger partial charge in [0.1, 0.15) is 0 Å². The molecule has 18 heavy (non-hydrogen) atoms. The van der Waals surface area contributed by atoms with Gasteiger partial charge in [0.05, 0.1) is 5.60 Å². The minimum Gasteiger partial charge on any atom is -0.390 e. The van der Waals surface area contributed by atoms with Crippen molar-refractivity contribution in [3.63, 3.8) is 0 Å². The average Bonchev–Trinajstić information content (AvgIpc) is 2.96. The maximum absolute atomic E-state index is 10.7. The lowest BCUT2D eigenvalue weighted by molar-refractivity contribution is -0.0223. The van der Waals surface area contributed by atoms with Gasteiger partial charge in [-0.1, -0.05) is 36.8 Å². The van der Waals surface area contributed by atoms with Crippen molar-refractivity contribution >= 4 is 0 Å². The SMILES string of the molecule is OC1(CCCCc2ccccc2)CC2CCC1C2. The number of hydrogen-bond acceptors (Lipinski definition) is 1. The largest absolute Gasteiger partial charge is 0.390 e. The molecule has 2 fully saturated rings. The lowest BCUT2D eigenvalue weighted by Gasteiger charge is -2.32. The molecule has 2 saturated carbocycles. The van der Waals surface area contributed by atoms with E-state index in [4.69, 9.17) is 0 Å². The van der Waals surface area contributed by atoms with E-state index in [0.29, 0.717) is 5.92 Å². The molecule has 2 aliphatic rings. The van der Waals surface area contributed by atoms with Crippen molar-refractivity contribution in [2.75, 3.05) is 0 Å². The maximum atomic E-state index is 10.7. The van der Waals surface area contributed by atoms with E-state index < -0.39 is 0 Å². The molecule has 1 aromatic carbocycles. The van der Waals surface area contributed by atoms with Crippen LogP contribution in [0.3, 0.4) is 0 Å². The number of aryl methyl sites for hydroxylation is 1. The van der Waals surface area contributed by atoms with E-state index in [1.807, 2.05) is 0 Å². The Kier molecular flexibility index (Phi) is 3.43. The zero-order valence-corrected chi connectivity index (χ0v) is 11.1. The van der Waals surface area contributed by atoms with Crippen molar-refractivity contribution in [2.24, 2.45) is 11.8 Å². The zero-order chi connectivity index (χ0) is 12.4. The van der Waals surface area contributed by atoms with Crippen molar-refractivity contribution in [3.8, 4) is 0 Å². The summed E-state index contributed by atoms with van der Waals surface area (Å²) in [6, 6.07) is 10.7. The van der Waals surface area contributed by atoms with Gasteiger partial charge in [-0.15, -0.1) is 0 Å². The summed E-state index contributed by atoms with van der Waals surface area (Å²) in [7, 11) is 0. The number of fused-ring (bicyclic) bond motifs is 2. The third-order valence-electron chi connectivity index (χ3n) is 5.11. The first kappa shape index (κ1) is 12.2. The quantitative estimate of drug-likeness (QED) is 0.778. The molecule has 0 amide bonds. The Morgan fingerprint density at radius 3 is 2.61 bits per heavy atom. The van der Waals surface area contributed by atoms with Gasteiger partial charge in [-0.3, -0.25) is 0 Å². The first-order chi connectivity index (χ1) is 8.76. The standard InChI is InChI=1S/C17H24O/c18-17(13-15-9-10-16(17)12-15)11-5-4-8-14-6-2-1-3-7-14/h1-3,6-7,15-16,18H,4-5,8-13H2. The summed E-state index contributed by atoms with van der Waals surface area (Å²) in [5.41, 5.74) is 1.14. The fraction of sp³-hybridized carbons (Fsp3) is 0.647. The summed E-state index contributed by atoms with van der Waals surface area (Å²) in [5.74, 6) is 1.47. The van der Waals surface area contributed by atoms with Crippen molar-refractivity contribution < 1.29 is 5.11 Å². The molecule has 1 nitrogen and oxygen atoms in total. The second-order valence-corrected chi connectivity index (χ2v) is 6.38. The molecule has 2 aliphatic carbocycles. The zero-order valence-electron chi connectivity index (χ0n) is 11.1. The van der Waals surface area contributed by atoms with E-state index in [1.54, 1.807) is 0 Å². The summed E-state index contributed by atoms with van der Waals surface area (Å²) < 4.78 is 0. The van der Waals surface area contributed by atoms with E-state index in [9.17, 15) is 5.11 Å². The monoisotopic (exact) mass is 244 g/mol. The smallest absolute Gasteiger partial charge is 0.0678 e. The van der Waals surface area contributed by atoms with Crippen LogP contribution in [0.1, 0.15) is 50.5 Å². The molecule has 0 aliphatic heterocycles. The molecule has 0 heterocycles. The average molecular weight is 244 g/mol. The molecule has 3 rings (SSSR count). The second kappa shape index (κ2) is 5.05. The van der Waals surface area contributed by atoms with Crippen molar-refractivity contribution in [1.82, 2.24) is 0 Å². The van der Waals surface area contributed by atoms with Crippen LogP contribution in [0.2, 0.25) is 0 Å². The molecule has 0 spiro atoms. The van der Waals surface area contributed by atoms with Crippen LogP contribution in [-0.2, 0) is 6.42 Å². The van der Waals surface area contributed by atoms with Crippen LogP contribution in [0, 0.1) is 11.8 Å².